The molecule has 0 aromatic heterocycles. The molecule has 2 rings (SSSR count). The normalized spacial score (nSPS) is 18.0. The number of anilines is 1. The standard InChI is InChI=1S/C14H21N3O3S/c1-17(2)21(19,20)10-9-15-14(18)13-8-7-11-5-3-4-6-12(11)16-13/h3-6,13,16H,7-10H2,1-2H3,(H,15,18). The molecule has 1 aromatic rings. The van der Waals surface area contributed by atoms with Crippen LogP contribution in [-0.4, -0.2) is 51.1 Å². The maximum Gasteiger partial charge on any atom is 0.242 e. The number of hydrogen-bond acceptors (Lipinski definition) is 4. The van der Waals surface area contributed by atoms with Crippen LogP contribution < -0.4 is 10.6 Å². The quantitative estimate of drug-likeness (QED) is 0.826. The van der Waals surface area contributed by atoms with Gasteiger partial charge in [-0.25, -0.2) is 12.7 Å². The fourth-order valence-electron chi connectivity index (χ4n) is 2.24. The van der Waals surface area contributed by atoms with Crippen LogP contribution in [0.5, 0.6) is 0 Å². The first kappa shape index (κ1) is 15.8. The molecule has 1 heterocycles. The highest BCUT2D eigenvalue weighted by Crippen LogP contribution is 2.24. The van der Waals surface area contributed by atoms with Gasteiger partial charge in [-0.2, -0.15) is 0 Å². The zero-order chi connectivity index (χ0) is 15.5. The topological polar surface area (TPSA) is 78.5 Å². The maximum absolute atomic E-state index is 12.1. The lowest BCUT2D eigenvalue weighted by Crippen LogP contribution is -2.44. The number of aryl methyl sites for hydroxylation is 1. The van der Waals surface area contributed by atoms with Crippen LogP contribution in [0.15, 0.2) is 24.3 Å². The number of rotatable bonds is 5. The number of carbonyl (C=O) groups is 1. The summed E-state index contributed by atoms with van der Waals surface area (Å²) in [6.45, 7) is 0.124. The van der Waals surface area contributed by atoms with E-state index in [1.165, 1.54) is 19.7 Å². The van der Waals surface area contributed by atoms with Crippen molar-refractivity contribution in [1.29, 1.82) is 0 Å². The smallest absolute Gasteiger partial charge is 0.242 e. The second-order valence-corrected chi connectivity index (χ2v) is 7.58. The van der Waals surface area contributed by atoms with E-state index < -0.39 is 10.0 Å². The van der Waals surface area contributed by atoms with E-state index in [-0.39, 0.29) is 24.2 Å². The first-order chi connectivity index (χ1) is 9.90. The Kier molecular flexibility index (Phi) is 4.84. The maximum atomic E-state index is 12.1. The number of benzene rings is 1. The number of hydrogen-bond donors (Lipinski definition) is 2. The highest BCUT2D eigenvalue weighted by molar-refractivity contribution is 7.89. The van der Waals surface area contributed by atoms with Gasteiger partial charge in [-0.3, -0.25) is 4.79 Å². The number of para-hydroxylation sites is 1. The van der Waals surface area contributed by atoms with Crippen molar-refractivity contribution >= 4 is 21.6 Å². The van der Waals surface area contributed by atoms with Gasteiger partial charge in [0.2, 0.25) is 15.9 Å². The molecular weight excluding hydrogens is 290 g/mol. The van der Waals surface area contributed by atoms with Gasteiger partial charge >= 0.3 is 0 Å². The average Bonchev–Trinajstić information content (AvgIpc) is 2.46. The molecule has 7 heteroatoms. The summed E-state index contributed by atoms with van der Waals surface area (Å²) in [5.74, 6) is -0.242. The van der Waals surface area contributed by atoms with E-state index in [0.29, 0.717) is 6.42 Å². The van der Waals surface area contributed by atoms with E-state index in [9.17, 15) is 13.2 Å². The van der Waals surface area contributed by atoms with Crippen molar-refractivity contribution in [1.82, 2.24) is 9.62 Å². The van der Waals surface area contributed by atoms with Crippen molar-refractivity contribution in [3.63, 3.8) is 0 Å². The molecule has 21 heavy (non-hydrogen) atoms. The van der Waals surface area contributed by atoms with Crippen molar-refractivity contribution in [2.24, 2.45) is 0 Å². The van der Waals surface area contributed by atoms with E-state index in [0.717, 1.165) is 16.4 Å². The van der Waals surface area contributed by atoms with Crippen LogP contribution in [0, 0.1) is 0 Å². The number of amides is 1. The molecule has 2 N–H and O–H groups in total. The highest BCUT2D eigenvalue weighted by atomic mass is 32.2. The second-order valence-electron chi connectivity index (χ2n) is 5.28. The molecule has 1 aliphatic heterocycles. The minimum atomic E-state index is -3.28. The number of fused-ring (bicyclic) bond motifs is 1. The third-order valence-corrected chi connectivity index (χ3v) is 5.41. The number of sulfonamides is 1. The lowest BCUT2D eigenvalue weighted by Gasteiger charge is -2.26. The van der Waals surface area contributed by atoms with Gasteiger partial charge in [-0.1, -0.05) is 18.2 Å². The molecule has 0 spiro atoms. The zero-order valence-corrected chi connectivity index (χ0v) is 13.1. The molecule has 1 amide bonds. The van der Waals surface area contributed by atoms with Crippen molar-refractivity contribution in [2.75, 3.05) is 31.7 Å². The molecule has 0 aliphatic carbocycles. The van der Waals surface area contributed by atoms with Crippen LogP contribution in [0.3, 0.4) is 0 Å². The van der Waals surface area contributed by atoms with E-state index in [1.54, 1.807) is 0 Å². The third-order valence-electron chi connectivity index (χ3n) is 3.58. The van der Waals surface area contributed by atoms with Crippen LogP contribution >= 0.6 is 0 Å². The second kappa shape index (κ2) is 6.44. The van der Waals surface area contributed by atoms with E-state index >= 15 is 0 Å². The molecule has 6 nitrogen and oxygen atoms in total. The Morgan fingerprint density at radius 2 is 2.10 bits per heavy atom. The van der Waals surface area contributed by atoms with Gasteiger partial charge in [0, 0.05) is 26.3 Å². The number of nitrogens with one attached hydrogen (secondary N) is 2. The third kappa shape index (κ3) is 3.95. The predicted molar refractivity (Wildman–Crippen MR) is 82.7 cm³/mol. The van der Waals surface area contributed by atoms with Crippen molar-refractivity contribution in [2.45, 2.75) is 18.9 Å². The van der Waals surface area contributed by atoms with Crippen molar-refractivity contribution < 1.29 is 13.2 Å². The van der Waals surface area contributed by atoms with Gasteiger partial charge in [0.1, 0.15) is 6.04 Å². The van der Waals surface area contributed by atoms with E-state index in [2.05, 4.69) is 10.6 Å². The van der Waals surface area contributed by atoms with Crippen LogP contribution in [0.2, 0.25) is 0 Å². The minimum absolute atomic E-state index is 0.0882. The molecule has 116 valence electrons. The summed E-state index contributed by atoms with van der Waals surface area (Å²) in [6, 6.07) is 7.59. The van der Waals surface area contributed by atoms with Crippen molar-refractivity contribution in [3.05, 3.63) is 29.8 Å². The Morgan fingerprint density at radius 3 is 2.81 bits per heavy atom. The summed E-state index contributed by atoms with van der Waals surface area (Å²) in [5, 5.41) is 5.88. The van der Waals surface area contributed by atoms with Crippen molar-refractivity contribution in [3.8, 4) is 0 Å². The Bertz CT molecular complexity index is 614. The average molecular weight is 311 g/mol. The molecule has 1 atom stereocenters. The summed E-state index contributed by atoms with van der Waals surface area (Å²) < 4.78 is 24.4. The number of carbonyl (C=O) groups excluding carboxylic acids is 1. The predicted octanol–water partition coefficient (Wildman–Crippen LogP) is 0.421. The molecular formula is C14H21N3O3S. The van der Waals surface area contributed by atoms with Crippen LogP contribution in [-0.2, 0) is 21.2 Å². The lowest BCUT2D eigenvalue weighted by molar-refractivity contribution is -0.121. The summed E-state index contributed by atoms with van der Waals surface area (Å²) in [6.07, 6.45) is 1.56. The lowest BCUT2D eigenvalue weighted by atomic mass is 9.98. The Hall–Kier alpha value is -1.60. The molecule has 0 bridgehead atoms. The molecule has 0 saturated carbocycles. The minimum Gasteiger partial charge on any atom is -0.373 e. The van der Waals surface area contributed by atoms with Gasteiger partial charge in [-0.05, 0) is 24.5 Å². The summed E-state index contributed by atoms with van der Waals surface area (Å²) in [4.78, 5) is 12.1. The number of nitrogens with zero attached hydrogens (tertiary/aromatic N) is 1. The Labute approximate surface area is 125 Å². The van der Waals surface area contributed by atoms with E-state index in [4.69, 9.17) is 0 Å². The largest absolute Gasteiger partial charge is 0.373 e. The van der Waals surface area contributed by atoms with Gasteiger partial charge in [-0.15, -0.1) is 0 Å². The summed E-state index contributed by atoms with van der Waals surface area (Å²) in [7, 11) is -0.309. The van der Waals surface area contributed by atoms with Gasteiger partial charge in [0.15, 0.2) is 0 Å². The highest BCUT2D eigenvalue weighted by Gasteiger charge is 2.23. The van der Waals surface area contributed by atoms with Crippen LogP contribution in [0.1, 0.15) is 12.0 Å². The van der Waals surface area contributed by atoms with Gasteiger partial charge in [0.05, 0.1) is 5.75 Å². The van der Waals surface area contributed by atoms with Crippen LogP contribution in [0.25, 0.3) is 0 Å². The molecule has 0 saturated heterocycles. The van der Waals surface area contributed by atoms with E-state index in [1.807, 2.05) is 24.3 Å². The summed E-state index contributed by atoms with van der Waals surface area (Å²) >= 11 is 0. The summed E-state index contributed by atoms with van der Waals surface area (Å²) in [5.41, 5.74) is 2.18. The molecule has 0 radical (unpaired) electrons. The van der Waals surface area contributed by atoms with Crippen LogP contribution in [0.4, 0.5) is 5.69 Å². The molecule has 1 aliphatic rings. The fraction of sp³-hybridized carbons (Fsp3) is 0.500. The molecule has 1 unspecified atom stereocenters. The molecule has 0 fully saturated rings. The fourth-order valence-corrected chi connectivity index (χ4v) is 2.97. The van der Waals surface area contributed by atoms with Gasteiger partial charge < -0.3 is 10.6 Å². The first-order valence-electron chi connectivity index (χ1n) is 6.92. The van der Waals surface area contributed by atoms with Gasteiger partial charge in [0.25, 0.3) is 0 Å². The molecule has 1 aromatic carbocycles. The first-order valence-corrected chi connectivity index (χ1v) is 8.53. The Balaban J connectivity index is 1.86. The Morgan fingerprint density at radius 1 is 1.38 bits per heavy atom. The zero-order valence-electron chi connectivity index (χ0n) is 12.3. The monoisotopic (exact) mass is 311 g/mol. The SMILES string of the molecule is CN(C)S(=O)(=O)CCNC(=O)C1CCc2ccccc2N1.